The summed E-state index contributed by atoms with van der Waals surface area (Å²) in [5.74, 6) is 0. The largest absolute Gasteiger partial charge is 0.501 e. The fourth-order valence-electron chi connectivity index (χ4n) is 1.07. The van der Waals surface area contributed by atoms with E-state index in [4.69, 9.17) is 0 Å². The molecule has 0 aliphatic rings. The number of benzene rings is 1. The molecule has 0 amide bonds. The minimum atomic E-state index is -6.29. The van der Waals surface area contributed by atoms with Crippen LogP contribution in [0.1, 0.15) is 0 Å². The summed E-state index contributed by atoms with van der Waals surface area (Å²) in [6.45, 7) is 0. The summed E-state index contributed by atoms with van der Waals surface area (Å²) in [7, 11) is -12.5. The van der Waals surface area contributed by atoms with Gasteiger partial charge in [0.15, 0.2) is 0 Å². The fourth-order valence-corrected chi connectivity index (χ4v) is 3.32. The van der Waals surface area contributed by atoms with Crippen molar-refractivity contribution in [3.8, 4) is 0 Å². The molecule has 4 nitrogen and oxygen atoms in total. The van der Waals surface area contributed by atoms with Gasteiger partial charge in [0.25, 0.3) is 19.7 Å². The maximum absolute atomic E-state index is 12.3. The van der Waals surface area contributed by atoms with Crippen LogP contribution in [-0.4, -0.2) is 27.9 Å². The standard InChI is InChI=1S/C8H3F6O4S2/c9-7(10,11)19(15,16)5-3-1-2-4-6(5)20(17,18)8(12,13)14/h1-3H. The lowest BCUT2D eigenvalue weighted by molar-refractivity contribution is -0.0456. The van der Waals surface area contributed by atoms with Gasteiger partial charge < -0.3 is 0 Å². The number of alkyl halides is 6. The predicted octanol–water partition coefficient (Wildman–Crippen LogP) is 2.07. The van der Waals surface area contributed by atoms with Gasteiger partial charge in [-0.25, -0.2) is 16.8 Å². The van der Waals surface area contributed by atoms with Gasteiger partial charge in [-0.05, 0) is 6.07 Å². The van der Waals surface area contributed by atoms with Crippen LogP contribution in [0.2, 0.25) is 0 Å². The minimum Gasteiger partial charge on any atom is -0.214 e. The lowest BCUT2D eigenvalue weighted by Gasteiger charge is -2.13. The van der Waals surface area contributed by atoms with Crippen molar-refractivity contribution in [1.82, 2.24) is 0 Å². The Bertz CT molecular complexity index is 651. The number of rotatable bonds is 2. The highest BCUT2D eigenvalue weighted by Crippen LogP contribution is 2.38. The number of halogens is 6. The monoisotopic (exact) mass is 341 g/mol. The van der Waals surface area contributed by atoms with E-state index in [0.29, 0.717) is 12.1 Å². The van der Waals surface area contributed by atoms with Crippen LogP contribution in [0, 0.1) is 6.07 Å². The van der Waals surface area contributed by atoms with Crippen molar-refractivity contribution in [3.63, 3.8) is 0 Å². The number of sulfone groups is 2. The molecular weight excluding hydrogens is 338 g/mol. The van der Waals surface area contributed by atoms with Crippen LogP contribution in [0.15, 0.2) is 28.0 Å². The molecule has 113 valence electrons. The van der Waals surface area contributed by atoms with Crippen molar-refractivity contribution in [2.45, 2.75) is 20.8 Å². The molecule has 0 saturated carbocycles. The first kappa shape index (κ1) is 16.8. The number of hydrogen-bond donors (Lipinski definition) is 0. The molecule has 0 aliphatic carbocycles. The van der Waals surface area contributed by atoms with Gasteiger partial charge in [-0.2, -0.15) is 26.3 Å². The molecule has 0 spiro atoms. The van der Waals surface area contributed by atoms with Crippen molar-refractivity contribution in [3.05, 3.63) is 24.3 Å². The average Bonchev–Trinajstić information content (AvgIpc) is 2.26. The molecule has 0 bridgehead atoms. The Morgan fingerprint density at radius 3 is 1.70 bits per heavy atom. The highest BCUT2D eigenvalue weighted by molar-refractivity contribution is 7.95. The van der Waals surface area contributed by atoms with E-state index in [1.807, 2.05) is 0 Å². The summed E-state index contributed by atoms with van der Waals surface area (Å²) < 4.78 is 118. The zero-order chi connectivity index (χ0) is 16.0. The molecule has 0 heterocycles. The normalized spacial score (nSPS) is 14.3. The van der Waals surface area contributed by atoms with Gasteiger partial charge in [0.2, 0.25) is 0 Å². The van der Waals surface area contributed by atoms with Gasteiger partial charge in [-0.1, -0.05) is 12.1 Å². The second-order valence-electron chi connectivity index (χ2n) is 3.26. The summed E-state index contributed by atoms with van der Waals surface area (Å²) in [6, 6.07) is 2.65. The lowest BCUT2D eigenvalue weighted by atomic mass is 10.4. The van der Waals surface area contributed by atoms with Crippen molar-refractivity contribution in [1.29, 1.82) is 0 Å². The summed E-state index contributed by atoms with van der Waals surface area (Å²) >= 11 is 0. The molecule has 12 heteroatoms. The van der Waals surface area contributed by atoms with Crippen LogP contribution in [0.4, 0.5) is 26.3 Å². The van der Waals surface area contributed by atoms with Gasteiger partial charge in [0, 0.05) is 6.07 Å². The maximum Gasteiger partial charge on any atom is 0.501 e. The third-order valence-corrected chi connectivity index (χ3v) is 5.09. The third kappa shape index (κ3) is 2.61. The fraction of sp³-hybridized carbons (Fsp3) is 0.250. The smallest absolute Gasteiger partial charge is 0.214 e. The Balaban J connectivity index is 3.75. The topological polar surface area (TPSA) is 68.3 Å². The molecule has 0 aromatic heterocycles. The molecule has 0 unspecified atom stereocenters. The molecule has 1 radical (unpaired) electrons. The molecule has 1 aromatic carbocycles. The first-order valence-electron chi connectivity index (χ1n) is 4.36. The summed E-state index contributed by atoms with van der Waals surface area (Å²) in [6.07, 6.45) is 0. The van der Waals surface area contributed by atoms with Gasteiger partial charge in [0.05, 0.1) is 4.90 Å². The van der Waals surface area contributed by atoms with Crippen LogP contribution in [-0.2, 0) is 19.7 Å². The molecule has 0 N–H and O–H groups in total. The first-order chi connectivity index (χ1) is 8.73. The van der Waals surface area contributed by atoms with Crippen molar-refractivity contribution in [2.24, 2.45) is 0 Å². The maximum atomic E-state index is 12.3. The average molecular weight is 341 g/mol. The van der Waals surface area contributed by atoms with E-state index in [0.717, 1.165) is 0 Å². The molecule has 0 aliphatic heterocycles. The minimum absolute atomic E-state index is 0.109. The van der Waals surface area contributed by atoms with Gasteiger partial charge in [-0.3, -0.25) is 0 Å². The molecule has 0 fully saturated rings. The van der Waals surface area contributed by atoms with Crippen LogP contribution >= 0.6 is 0 Å². The van der Waals surface area contributed by atoms with E-state index in [2.05, 4.69) is 0 Å². The summed E-state index contributed by atoms with van der Waals surface area (Å²) in [5.41, 5.74) is -11.9. The van der Waals surface area contributed by atoms with E-state index >= 15 is 0 Å². The van der Waals surface area contributed by atoms with Crippen LogP contribution in [0.5, 0.6) is 0 Å². The van der Waals surface area contributed by atoms with E-state index in [1.54, 1.807) is 0 Å². The molecule has 20 heavy (non-hydrogen) atoms. The molecule has 0 saturated heterocycles. The summed E-state index contributed by atoms with van der Waals surface area (Å²) in [5, 5.41) is 0. The third-order valence-electron chi connectivity index (χ3n) is 1.95. The van der Waals surface area contributed by atoms with Crippen LogP contribution in [0.3, 0.4) is 0 Å². The zero-order valence-electron chi connectivity index (χ0n) is 8.95. The van der Waals surface area contributed by atoms with Crippen molar-refractivity contribution >= 4 is 19.7 Å². The summed E-state index contributed by atoms with van der Waals surface area (Å²) in [4.78, 5) is -4.12. The molecular formula is C8H3F6O4S2. The van der Waals surface area contributed by atoms with E-state index in [9.17, 15) is 43.2 Å². The SMILES string of the molecule is O=S(=O)(c1[c]cccc1S(=O)(=O)C(F)(F)F)C(F)(F)F. The number of hydrogen-bond acceptors (Lipinski definition) is 4. The quantitative estimate of drug-likeness (QED) is 0.773. The van der Waals surface area contributed by atoms with E-state index < -0.39 is 40.5 Å². The van der Waals surface area contributed by atoms with Gasteiger partial charge in [-0.15, -0.1) is 0 Å². The lowest BCUT2D eigenvalue weighted by Crippen LogP contribution is -2.29. The Labute approximate surface area is 108 Å². The van der Waals surface area contributed by atoms with E-state index in [1.165, 1.54) is 6.07 Å². The predicted molar refractivity (Wildman–Crippen MR) is 51.8 cm³/mol. The first-order valence-corrected chi connectivity index (χ1v) is 7.33. The van der Waals surface area contributed by atoms with Gasteiger partial charge >= 0.3 is 11.0 Å². The Morgan fingerprint density at radius 2 is 1.30 bits per heavy atom. The van der Waals surface area contributed by atoms with Crippen molar-refractivity contribution in [2.75, 3.05) is 0 Å². The van der Waals surface area contributed by atoms with Crippen molar-refractivity contribution < 1.29 is 43.2 Å². The van der Waals surface area contributed by atoms with E-state index in [-0.39, 0.29) is 6.07 Å². The van der Waals surface area contributed by atoms with Crippen LogP contribution in [0.25, 0.3) is 0 Å². The Kier molecular flexibility index (Phi) is 3.87. The van der Waals surface area contributed by atoms with Gasteiger partial charge in [0.1, 0.15) is 4.90 Å². The Hall–Kier alpha value is -1.30. The Morgan fingerprint density at radius 1 is 0.850 bits per heavy atom. The molecule has 1 rings (SSSR count). The molecule has 1 aromatic rings. The zero-order valence-corrected chi connectivity index (χ0v) is 10.6. The second kappa shape index (κ2) is 4.62. The second-order valence-corrected chi connectivity index (χ2v) is 7.05. The van der Waals surface area contributed by atoms with Crippen LogP contribution < -0.4 is 0 Å². The molecule has 0 atom stereocenters. The highest BCUT2D eigenvalue weighted by Gasteiger charge is 2.53. The highest BCUT2D eigenvalue weighted by atomic mass is 32.2.